The van der Waals surface area contributed by atoms with E-state index in [1.807, 2.05) is 6.07 Å². The van der Waals surface area contributed by atoms with Crippen LogP contribution in [0.5, 0.6) is 0 Å². The Kier molecular flexibility index (Phi) is 4.10. The van der Waals surface area contributed by atoms with Crippen LogP contribution in [0.15, 0.2) is 51.9 Å². The van der Waals surface area contributed by atoms with Crippen molar-refractivity contribution in [3.05, 3.63) is 80.0 Å². The van der Waals surface area contributed by atoms with Crippen molar-refractivity contribution in [2.24, 2.45) is 0 Å². The highest BCUT2D eigenvalue weighted by Gasteiger charge is 2.22. The molecule has 0 amide bonds. The van der Waals surface area contributed by atoms with Crippen LogP contribution in [0.1, 0.15) is 16.8 Å². The molecule has 1 aromatic carbocycles. The minimum atomic E-state index is -0.403. The van der Waals surface area contributed by atoms with E-state index < -0.39 is 4.92 Å². The second-order valence-corrected chi connectivity index (χ2v) is 6.20. The average Bonchev–Trinajstić information content (AvgIpc) is 3.17. The van der Waals surface area contributed by atoms with Crippen LogP contribution < -0.4 is 5.56 Å². The van der Waals surface area contributed by atoms with Crippen LogP contribution in [-0.4, -0.2) is 26.3 Å². The summed E-state index contributed by atoms with van der Waals surface area (Å²) in [5.41, 5.74) is 2.15. The van der Waals surface area contributed by atoms with Gasteiger partial charge in [-0.1, -0.05) is 12.1 Å². The van der Waals surface area contributed by atoms with Crippen molar-refractivity contribution in [3.63, 3.8) is 0 Å². The maximum absolute atomic E-state index is 12.5. The van der Waals surface area contributed by atoms with Crippen molar-refractivity contribution in [1.29, 1.82) is 0 Å². The van der Waals surface area contributed by atoms with Crippen molar-refractivity contribution in [3.8, 4) is 11.6 Å². The van der Waals surface area contributed by atoms with Gasteiger partial charge in [-0.3, -0.25) is 19.8 Å². The summed E-state index contributed by atoms with van der Waals surface area (Å²) in [4.78, 5) is 32.4. The minimum Gasteiger partial charge on any atom is -0.461 e. The number of nitro benzene ring substituents is 1. The molecule has 8 nitrogen and oxygen atoms in total. The number of hydrogen-bond acceptors (Lipinski definition) is 6. The number of H-pyrrole nitrogens is 1. The highest BCUT2D eigenvalue weighted by atomic mass is 16.6. The summed E-state index contributed by atoms with van der Waals surface area (Å²) in [6, 6.07) is 10.1. The van der Waals surface area contributed by atoms with Crippen molar-refractivity contribution in [1.82, 2.24) is 14.9 Å². The number of nitrogens with one attached hydrogen (secondary N) is 1. The van der Waals surface area contributed by atoms with Crippen LogP contribution in [0.3, 0.4) is 0 Å². The van der Waals surface area contributed by atoms with E-state index >= 15 is 0 Å². The van der Waals surface area contributed by atoms with Crippen LogP contribution in [0, 0.1) is 10.1 Å². The summed E-state index contributed by atoms with van der Waals surface area (Å²) in [5.74, 6) is 0.967. The lowest BCUT2D eigenvalue weighted by Crippen LogP contribution is -2.35. The Balaban J connectivity index is 1.56. The smallest absolute Gasteiger partial charge is 0.269 e. The second kappa shape index (κ2) is 6.57. The van der Waals surface area contributed by atoms with Gasteiger partial charge in [0.15, 0.2) is 11.6 Å². The lowest BCUT2D eigenvalue weighted by molar-refractivity contribution is -0.384. The van der Waals surface area contributed by atoms with Gasteiger partial charge in [0.25, 0.3) is 11.2 Å². The number of non-ortho nitro benzene ring substituents is 1. The molecule has 1 N–H and O–H groups in total. The Labute approximate surface area is 148 Å². The Morgan fingerprint density at radius 1 is 1.31 bits per heavy atom. The maximum atomic E-state index is 12.5. The first-order valence-corrected chi connectivity index (χ1v) is 8.22. The molecular weight excluding hydrogens is 336 g/mol. The highest BCUT2D eigenvalue weighted by molar-refractivity contribution is 5.47. The molecule has 0 aliphatic carbocycles. The van der Waals surface area contributed by atoms with Gasteiger partial charge in [0.05, 0.1) is 22.4 Å². The number of nitrogens with zero attached hydrogens (tertiary/aromatic N) is 3. The summed E-state index contributed by atoms with van der Waals surface area (Å²) in [7, 11) is 0. The predicted molar refractivity (Wildman–Crippen MR) is 93.5 cm³/mol. The number of benzene rings is 1. The molecule has 4 rings (SSSR count). The third kappa shape index (κ3) is 3.14. The Morgan fingerprint density at radius 2 is 2.19 bits per heavy atom. The van der Waals surface area contributed by atoms with E-state index in [2.05, 4.69) is 14.9 Å². The van der Waals surface area contributed by atoms with E-state index in [1.165, 1.54) is 12.3 Å². The fraction of sp³-hybridized carbons (Fsp3) is 0.222. The number of furan rings is 1. The van der Waals surface area contributed by atoms with Crippen LogP contribution in [0.25, 0.3) is 11.6 Å². The van der Waals surface area contributed by atoms with Gasteiger partial charge in [0.2, 0.25) is 0 Å². The van der Waals surface area contributed by atoms with Gasteiger partial charge in [0.1, 0.15) is 0 Å². The fourth-order valence-electron chi connectivity index (χ4n) is 3.17. The zero-order valence-corrected chi connectivity index (χ0v) is 13.8. The van der Waals surface area contributed by atoms with Gasteiger partial charge in [-0.05, 0) is 17.7 Å². The molecule has 0 radical (unpaired) electrons. The number of aromatic nitrogens is 2. The largest absolute Gasteiger partial charge is 0.461 e. The molecular formula is C18H16N4O4. The first kappa shape index (κ1) is 16.2. The highest BCUT2D eigenvalue weighted by Crippen LogP contribution is 2.21. The van der Waals surface area contributed by atoms with Gasteiger partial charge in [-0.25, -0.2) is 4.98 Å². The number of fused-ring (bicyclic) bond motifs is 1. The molecule has 0 atom stereocenters. The van der Waals surface area contributed by atoms with Crippen molar-refractivity contribution in [2.75, 3.05) is 6.54 Å². The molecule has 3 heterocycles. The standard InChI is InChI=1S/C18H16N4O4/c23-18-14-11-21(10-12-3-1-4-13(9-12)22(24)25)7-6-15(14)19-17(20-18)16-5-2-8-26-16/h1-5,8-9H,6-7,10-11H2,(H,19,20,23). The van der Waals surface area contributed by atoms with Crippen LogP contribution in [0.2, 0.25) is 0 Å². The van der Waals surface area contributed by atoms with E-state index in [4.69, 9.17) is 4.42 Å². The molecule has 26 heavy (non-hydrogen) atoms. The monoisotopic (exact) mass is 352 g/mol. The van der Waals surface area contributed by atoms with Gasteiger partial charge in [-0.15, -0.1) is 0 Å². The van der Waals surface area contributed by atoms with Gasteiger partial charge < -0.3 is 9.40 Å². The topological polar surface area (TPSA) is 105 Å². The normalized spacial score (nSPS) is 14.2. The number of aromatic amines is 1. The molecule has 8 heteroatoms. The first-order valence-electron chi connectivity index (χ1n) is 8.22. The number of rotatable bonds is 4. The summed E-state index contributed by atoms with van der Waals surface area (Å²) in [6.45, 7) is 1.73. The fourth-order valence-corrected chi connectivity index (χ4v) is 3.17. The van der Waals surface area contributed by atoms with E-state index in [0.717, 1.165) is 17.8 Å². The minimum absolute atomic E-state index is 0.0718. The molecule has 0 bridgehead atoms. The van der Waals surface area contributed by atoms with Crippen molar-refractivity contribution in [2.45, 2.75) is 19.5 Å². The van der Waals surface area contributed by atoms with E-state index in [-0.39, 0.29) is 11.2 Å². The summed E-state index contributed by atoms with van der Waals surface area (Å²) in [6.07, 6.45) is 2.18. The summed E-state index contributed by atoms with van der Waals surface area (Å²) >= 11 is 0. The number of hydrogen-bond donors (Lipinski definition) is 1. The van der Waals surface area contributed by atoms with Crippen LogP contribution in [0.4, 0.5) is 5.69 Å². The average molecular weight is 352 g/mol. The molecule has 0 saturated carbocycles. The Morgan fingerprint density at radius 3 is 2.96 bits per heavy atom. The Hall–Kier alpha value is -3.26. The quantitative estimate of drug-likeness (QED) is 0.571. The number of nitro groups is 1. The molecule has 132 valence electrons. The molecule has 0 spiro atoms. The van der Waals surface area contributed by atoms with Crippen molar-refractivity contribution >= 4 is 5.69 Å². The first-order chi connectivity index (χ1) is 12.6. The van der Waals surface area contributed by atoms with Gasteiger partial charge in [-0.2, -0.15) is 0 Å². The predicted octanol–water partition coefficient (Wildman–Crippen LogP) is 2.50. The maximum Gasteiger partial charge on any atom is 0.269 e. The molecule has 1 aliphatic heterocycles. The molecule has 0 saturated heterocycles. The van der Waals surface area contributed by atoms with Gasteiger partial charge in [0, 0.05) is 38.2 Å². The third-order valence-electron chi connectivity index (χ3n) is 4.43. The van der Waals surface area contributed by atoms with E-state index in [1.54, 1.807) is 24.3 Å². The molecule has 0 unspecified atom stereocenters. The molecule has 0 fully saturated rings. The zero-order chi connectivity index (χ0) is 18.1. The van der Waals surface area contributed by atoms with Gasteiger partial charge >= 0.3 is 0 Å². The summed E-state index contributed by atoms with van der Waals surface area (Å²) in [5, 5.41) is 10.9. The lowest BCUT2D eigenvalue weighted by Gasteiger charge is -2.27. The van der Waals surface area contributed by atoms with E-state index in [0.29, 0.717) is 36.7 Å². The second-order valence-electron chi connectivity index (χ2n) is 6.20. The Bertz CT molecular complexity index is 1010. The van der Waals surface area contributed by atoms with Crippen LogP contribution in [-0.2, 0) is 19.5 Å². The molecule has 3 aromatic rings. The molecule has 1 aliphatic rings. The third-order valence-corrected chi connectivity index (χ3v) is 4.43. The van der Waals surface area contributed by atoms with E-state index in [9.17, 15) is 14.9 Å². The SMILES string of the molecule is O=c1[nH]c(-c2ccco2)nc2c1CN(Cc1cccc([N+](=O)[O-])c1)CC2. The molecule has 2 aromatic heterocycles. The zero-order valence-electron chi connectivity index (χ0n) is 13.8. The van der Waals surface area contributed by atoms with Crippen LogP contribution >= 0.6 is 0 Å². The summed E-state index contributed by atoms with van der Waals surface area (Å²) < 4.78 is 5.30. The van der Waals surface area contributed by atoms with Crippen molar-refractivity contribution < 1.29 is 9.34 Å². The lowest BCUT2D eigenvalue weighted by atomic mass is 10.1.